The summed E-state index contributed by atoms with van der Waals surface area (Å²) in [7, 11) is 0. The predicted octanol–water partition coefficient (Wildman–Crippen LogP) is 5.70. The molecule has 1 N–H and O–H groups in total. The van der Waals surface area contributed by atoms with Crippen molar-refractivity contribution in [1.29, 1.82) is 0 Å². The minimum absolute atomic E-state index is 0.0612. The highest BCUT2D eigenvalue weighted by Crippen LogP contribution is 2.44. The van der Waals surface area contributed by atoms with Gasteiger partial charge in [0.15, 0.2) is 0 Å². The predicted molar refractivity (Wildman–Crippen MR) is 131 cm³/mol. The Kier molecular flexibility index (Phi) is 6.00. The molecular weight excluding hydrogens is 428 g/mol. The Morgan fingerprint density at radius 1 is 0.941 bits per heavy atom. The van der Waals surface area contributed by atoms with Gasteiger partial charge in [-0.1, -0.05) is 48.5 Å². The molecular formula is C28H34N2O4. The average molecular weight is 463 g/mol. The van der Waals surface area contributed by atoms with Crippen LogP contribution in [0.1, 0.15) is 63.5 Å². The standard InChI is InChI=1S/C28H34N2O4/c1-28(2,3)34-27(32)30-19-12-13-20(30)15-18(14-19)16-29-26(31)33-17-25-23-10-6-4-8-21(23)22-9-5-7-11-24(22)25/h4-11,18-20,25H,12-17H2,1-3H3,(H,29,31). The first-order valence-electron chi connectivity index (χ1n) is 12.4. The molecule has 2 bridgehead atoms. The number of rotatable bonds is 4. The first-order chi connectivity index (χ1) is 16.3. The van der Waals surface area contributed by atoms with Crippen LogP contribution in [0, 0.1) is 5.92 Å². The van der Waals surface area contributed by atoms with Crippen molar-refractivity contribution in [3.05, 3.63) is 59.7 Å². The summed E-state index contributed by atoms with van der Waals surface area (Å²) in [5.74, 6) is 0.405. The first-order valence-corrected chi connectivity index (χ1v) is 12.4. The number of hydrogen-bond acceptors (Lipinski definition) is 4. The fraction of sp³-hybridized carbons (Fsp3) is 0.500. The van der Waals surface area contributed by atoms with Crippen molar-refractivity contribution in [3.63, 3.8) is 0 Å². The van der Waals surface area contributed by atoms with Gasteiger partial charge in [0.25, 0.3) is 0 Å². The van der Waals surface area contributed by atoms with E-state index in [0.717, 1.165) is 25.7 Å². The van der Waals surface area contributed by atoms with Crippen LogP contribution in [0.3, 0.4) is 0 Å². The van der Waals surface area contributed by atoms with E-state index in [2.05, 4.69) is 29.6 Å². The lowest BCUT2D eigenvalue weighted by molar-refractivity contribution is 0.00205. The summed E-state index contributed by atoms with van der Waals surface area (Å²) >= 11 is 0. The molecule has 3 aliphatic rings. The fourth-order valence-electron chi connectivity index (χ4n) is 5.95. The van der Waals surface area contributed by atoms with Crippen LogP contribution in [0.15, 0.2) is 48.5 Å². The number of fused-ring (bicyclic) bond motifs is 5. The Labute approximate surface area is 201 Å². The molecule has 2 fully saturated rings. The Morgan fingerprint density at radius 3 is 2.06 bits per heavy atom. The Balaban J connectivity index is 1.13. The van der Waals surface area contributed by atoms with Gasteiger partial charge in [-0.15, -0.1) is 0 Å². The molecule has 2 aromatic carbocycles. The Morgan fingerprint density at radius 2 is 1.50 bits per heavy atom. The van der Waals surface area contributed by atoms with Crippen LogP contribution in [0.5, 0.6) is 0 Å². The van der Waals surface area contributed by atoms with Gasteiger partial charge in [-0.2, -0.15) is 0 Å². The molecule has 0 aromatic heterocycles. The van der Waals surface area contributed by atoms with E-state index in [1.54, 1.807) is 0 Å². The molecule has 6 heteroatoms. The second-order valence-electron chi connectivity index (χ2n) is 10.8. The van der Waals surface area contributed by atoms with Gasteiger partial charge in [0, 0.05) is 24.5 Å². The maximum absolute atomic E-state index is 12.6. The summed E-state index contributed by atoms with van der Waals surface area (Å²) in [6.07, 6.45) is 3.21. The summed E-state index contributed by atoms with van der Waals surface area (Å²) in [5.41, 5.74) is 4.38. The number of nitrogens with zero attached hydrogens (tertiary/aromatic N) is 1. The summed E-state index contributed by atoms with van der Waals surface area (Å²) in [4.78, 5) is 27.1. The van der Waals surface area contributed by atoms with Crippen LogP contribution in [0.25, 0.3) is 11.1 Å². The minimum atomic E-state index is -0.487. The number of ether oxygens (including phenoxy) is 2. The van der Waals surface area contributed by atoms with E-state index in [-0.39, 0.29) is 30.2 Å². The number of alkyl carbamates (subject to hydrolysis) is 1. The maximum atomic E-state index is 12.6. The molecule has 2 heterocycles. The van der Waals surface area contributed by atoms with Gasteiger partial charge in [0.05, 0.1) is 0 Å². The van der Waals surface area contributed by atoms with Crippen LogP contribution >= 0.6 is 0 Å². The highest BCUT2D eigenvalue weighted by molar-refractivity contribution is 5.79. The van der Waals surface area contributed by atoms with Crippen LogP contribution < -0.4 is 5.32 Å². The van der Waals surface area contributed by atoms with Crippen molar-refractivity contribution in [2.75, 3.05) is 13.2 Å². The molecule has 2 aliphatic heterocycles. The van der Waals surface area contributed by atoms with E-state index in [4.69, 9.17) is 9.47 Å². The molecule has 5 rings (SSSR count). The van der Waals surface area contributed by atoms with E-state index >= 15 is 0 Å². The molecule has 2 unspecified atom stereocenters. The van der Waals surface area contributed by atoms with Gasteiger partial charge in [-0.25, -0.2) is 9.59 Å². The lowest BCUT2D eigenvalue weighted by atomic mass is 9.91. The van der Waals surface area contributed by atoms with Gasteiger partial charge in [-0.3, -0.25) is 0 Å². The normalized spacial score (nSPS) is 23.3. The molecule has 34 heavy (non-hydrogen) atoms. The summed E-state index contributed by atoms with van der Waals surface area (Å²) in [6.45, 7) is 6.60. The molecule has 1 aliphatic carbocycles. The zero-order valence-corrected chi connectivity index (χ0v) is 20.3. The van der Waals surface area contributed by atoms with Crippen LogP contribution in [0.2, 0.25) is 0 Å². The number of carbonyl (C=O) groups is 2. The van der Waals surface area contributed by atoms with E-state index < -0.39 is 5.60 Å². The van der Waals surface area contributed by atoms with E-state index in [1.807, 2.05) is 49.9 Å². The molecule has 2 atom stereocenters. The highest BCUT2D eigenvalue weighted by atomic mass is 16.6. The highest BCUT2D eigenvalue weighted by Gasteiger charge is 2.44. The minimum Gasteiger partial charge on any atom is -0.449 e. The second-order valence-corrected chi connectivity index (χ2v) is 10.8. The zero-order valence-electron chi connectivity index (χ0n) is 20.3. The van der Waals surface area contributed by atoms with Gasteiger partial charge in [0.2, 0.25) is 0 Å². The number of amides is 2. The third-order valence-corrected chi connectivity index (χ3v) is 7.31. The van der Waals surface area contributed by atoms with Gasteiger partial charge in [-0.05, 0) is 74.6 Å². The molecule has 0 radical (unpaired) electrons. The Bertz CT molecular complexity index is 1020. The molecule has 6 nitrogen and oxygen atoms in total. The smallest absolute Gasteiger partial charge is 0.410 e. The van der Waals surface area contributed by atoms with Crippen LogP contribution in [0.4, 0.5) is 9.59 Å². The van der Waals surface area contributed by atoms with Gasteiger partial charge >= 0.3 is 12.2 Å². The number of nitrogens with one attached hydrogen (secondary N) is 1. The van der Waals surface area contributed by atoms with Crippen molar-refractivity contribution in [1.82, 2.24) is 10.2 Å². The number of benzene rings is 2. The number of hydrogen-bond donors (Lipinski definition) is 1. The maximum Gasteiger partial charge on any atom is 0.410 e. The fourth-order valence-corrected chi connectivity index (χ4v) is 5.95. The molecule has 180 valence electrons. The SMILES string of the molecule is CC(C)(C)OC(=O)N1C2CCC1CC(CNC(=O)OCC1c3ccccc3-c3ccccc31)C2. The molecule has 0 saturated carbocycles. The first kappa shape index (κ1) is 22.8. The monoisotopic (exact) mass is 462 g/mol. The topological polar surface area (TPSA) is 67.9 Å². The number of carbonyl (C=O) groups excluding carboxylic acids is 2. The van der Waals surface area contributed by atoms with Crippen molar-refractivity contribution < 1.29 is 19.1 Å². The van der Waals surface area contributed by atoms with E-state index in [9.17, 15) is 9.59 Å². The van der Waals surface area contributed by atoms with Crippen molar-refractivity contribution in [3.8, 4) is 11.1 Å². The third-order valence-electron chi connectivity index (χ3n) is 7.31. The Hall–Kier alpha value is -3.02. The number of piperidine rings is 1. The van der Waals surface area contributed by atoms with Crippen molar-refractivity contribution in [2.45, 2.75) is 70.1 Å². The average Bonchev–Trinajstić information content (AvgIpc) is 3.26. The van der Waals surface area contributed by atoms with Crippen LogP contribution in [-0.4, -0.2) is 47.9 Å². The van der Waals surface area contributed by atoms with Gasteiger partial charge < -0.3 is 19.7 Å². The van der Waals surface area contributed by atoms with E-state index in [0.29, 0.717) is 19.1 Å². The lowest BCUT2D eigenvalue weighted by Crippen LogP contribution is -2.50. The third kappa shape index (κ3) is 4.50. The summed E-state index contributed by atoms with van der Waals surface area (Å²) in [6, 6.07) is 17.1. The van der Waals surface area contributed by atoms with Crippen LogP contribution in [-0.2, 0) is 9.47 Å². The largest absolute Gasteiger partial charge is 0.449 e. The summed E-state index contributed by atoms with van der Waals surface area (Å²) in [5, 5.41) is 2.98. The van der Waals surface area contributed by atoms with E-state index in [1.165, 1.54) is 22.3 Å². The molecule has 0 spiro atoms. The van der Waals surface area contributed by atoms with Crippen molar-refractivity contribution >= 4 is 12.2 Å². The van der Waals surface area contributed by atoms with Gasteiger partial charge in [0.1, 0.15) is 12.2 Å². The lowest BCUT2D eigenvalue weighted by Gasteiger charge is -2.39. The second kappa shape index (κ2) is 8.97. The molecule has 2 aromatic rings. The van der Waals surface area contributed by atoms with Crippen molar-refractivity contribution in [2.24, 2.45) is 5.92 Å². The molecule has 2 amide bonds. The summed E-state index contributed by atoms with van der Waals surface area (Å²) < 4.78 is 11.3. The zero-order chi connectivity index (χ0) is 23.9. The molecule has 2 saturated heterocycles. The quantitative estimate of drug-likeness (QED) is 0.633.